The Balaban J connectivity index is 1.53. The molecule has 3 aromatic heterocycles. The second-order valence-electron chi connectivity index (χ2n) is 5.75. The quantitative estimate of drug-likeness (QED) is 0.493. The summed E-state index contributed by atoms with van der Waals surface area (Å²) in [6.45, 7) is 1.91. The van der Waals surface area contributed by atoms with Crippen LogP contribution in [0, 0.1) is 6.92 Å². The van der Waals surface area contributed by atoms with Gasteiger partial charge >= 0.3 is 0 Å². The highest BCUT2D eigenvalue weighted by Gasteiger charge is 2.16. The minimum Gasteiger partial charge on any atom is -0.495 e. The van der Waals surface area contributed by atoms with Crippen molar-refractivity contribution in [1.29, 1.82) is 0 Å². The third-order valence-electron chi connectivity index (χ3n) is 3.90. The van der Waals surface area contributed by atoms with E-state index in [1.807, 2.05) is 49.4 Å². The average molecular weight is 396 g/mol. The van der Waals surface area contributed by atoms with Crippen molar-refractivity contribution in [3.05, 3.63) is 59.1 Å². The van der Waals surface area contributed by atoms with E-state index in [2.05, 4.69) is 20.6 Å². The summed E-state index contributed by atoms with van der Waals surface area (Å²) in [5.41, 5.74) is 1.77. The molecule has 0 atom stereocenters. The highest BCUT2D eigenvalue weighted by molar-refractivity contribution is 7.29. The number of fused-ring (bicyclic) bond motifs is 1. The summed E-state index contributed by atoms with van der Waals surface area (Å²) in [6.07, 6.45) is 1.66. The van der Waals surface area contributed by atoms with Gasteiger partial charge in [0, 0.05) is 6.20 Å². The minimum atomic E-state index is -0.175. The molecule has 4 rings (SSSR count). The van der Waals surface area contributed by atoms with Crippen molar-refractivity contribution in [2.45, 2.75) is 6.92 Å². The van der Waals surface area contributed by atoms with Crippen LogP contribution in [0.2, 0.25) is 0 Å². The van der Waals surface area contributed by atoms with Gasteiger partial charge in [-0.2, -0.15) is 0 Å². The van der Waals surface area contributed by atoms with Crippen LogP contribution in [-0.4, -0.2) is 23.0 Å². The zero-order valence-corrected chi connectivity index (χ0v) is 16.3. The summed E-state index contributed by atoms with van der Waals surface area (Å²) in [5, 5.41) is 6.88. The van der Waals surface area contributed by atoms with Crippen molar-refractivity contribution < 1.29 is 9.53 Å². The Kier molecular flexibility index (Phi) is 4.74. The molecule has 0 aliphatic rings. The highest BCUT2D eigenvalue weighted by atomic mass is 32.1. The third kappa shape index (κ3) is 3.62. The van der Waals surface area contributed by atoms with Gasteiger partial charge in [-0.05, 0) is 36.8 Å². The molecule has 6 nitrogen and oxygen atoms in total. The molecule has 8 heteroatoms. The first-order valence-electron chi connectivity index (χ1n) is 8.17. The Morgan fingerprint density at radius 2 is 2.00 bits per heavy atom. The van der Waals surface area contributed by atoms with Gasteiger partial charge in [-0.25, -0.2) is 9.97 Å². The molecule has 3 heterocycles. The van der Waals surface area contributed by atoms with Gasteiger partial charge in [0.05, 0.1) is 22.4 Å². The zero-order chi connectivity index (χ0) is 18.8. The van der Waals surface area contributed by atoms with Gasteiger partial charge in [-0.3, -0.25) is 4.79 Å². The minimum absolute atomic E-state index is 0.175. The van der Waals surface area contributed by atoms with E-state index in [4.69, 9.17) is 4.74 Å². The van der Waals surface area contributed by atoms with Gasteiger partial charge in [-0.15, -0.1) is 11.3 Å². The average Bonchev–Trinajstić information content (AvgIpc) is 3.23. The maximum Gasteiger partial charge on any atom is 0.267 e. The lowest BCUT2D eigenvalue weighted by Crippen LogP contribution is -2.12. The second kappa shape index (κ2) is 7.34. The Morgan fingerprint density at radius 1 is 1.15 bits per heavy atom. The zero-order valence-electron chi connectivity index (χ0n) is 14.6. The first-order chi connectivity index (χ1) is 13.1. The number of methoxy groups -OCH3 is 1. The number of benzene rings is 1. The number of hydrogen-bond acceptors (Lipinski definition) is 7. The smallest absolute Gasteiger partial charge is 0.267 e. The van der Waals surface area contributed by atoms with E-state index in [1.165, 1.54) is 22.7 Å². The molecule has 0 aliphatic heterocycles. The van der Waals surface area contributed by atoms with Gasteiger partial charge < -0.3 is 15.4 Å². The van der Waals surface area contributed by atoms with Crippen molar-refractivity contribution in [3.8, 4) is 5.75 Å². The van der Waals surface area contributed by atoms with E-state index in [1.54, 1.807) is 13.3 Å². The fraction of sp³-hybridized carbons (Fsp3) is 0.105. The number of nitrogens with zero attached hydrogens (tertiary/aromatic N) is 2. The lowest BCUT2D eigenvalue weighted by Gasteiger charge is -2.07. The number of carbonyl (C=O) groups is 1. The van der Waals surface area contributed by atoms with Crippen LogP contribution in [0.5, 0.6) is 5.75 Å². The Morgan fingerprint density at radius 3 is 2.78 bits per heavy atom. The number of hydrogen-bond donors (Lipinski definition) is 2. The van der Waals surface area contributed by atoms with E-state index in [9.17, 15) is 4.79 Å². The number of aromatic nitrogens is 2. The molecule has 0 saturated heterocycles. The summed E-state index contributed by atoms with van der Waals surface area (Å²) in [6, 6.07) is 13.3. The third-order valence-corrected chi connectivity index (χ3v) is 5.98. The summed E-state index contributed by atoms with van der Waals surface area (Å²) >= 11 is 2.86. The van der Waals surface area contributed by atoms with Gasteiger partial charge in [-0.1, -0.05) is 29.5 Å². The molecule has 4 aromatic rings. The Labute approximate surface area is 163 Å². The molecule has 0 aliphatic carbocycles. The molecule has 136 valence electrons. The number of anilines is 3. The number of rotatable bonds is 5. The van der Waals surface area contributed by atoms with Crippen LogP contribution in [0.1, 0.15) is 15.2 Å². The maximum absolute atomic E-state index is 12.5. The molecule has 0 radical (unpaired) electrons. The predicted octanol–water partition coefficient (Wildman–Crippen LogP) is 5.07. The summed E-state index contributed by atoms with van der Waals surface area (Å²) in [7, 11) is 1.63. The topological polar surface area (TPSA) is 76.1 Å². The van der Waals surface area contributed by atoms with Crippen LogP contribution >= 0.6 is 22.7 Å². The van der Waals surface area contributed by atoms with Crippen LogP contribution < -0.4 is 15.4 Å². The van der Waals surface area contributed by atoms with Crippen molar-refractivity contribution in [3.63, 3.8) is 0 Å². The number of para-hydroxylation sites is 2. The summed E-state index contributed by atoms with van der Waals surface area (Å²) < 4.78 is 6.31. The van der Waals surface area contributed by atoms with Gasteiger partial charge in [0.25, 0.3) is 5.91 Å². The number of thiophene rings is 1. The molecule has 0 spiro atoms. The van der Waals surface area contributed by atoms with Crippen LogP contribution in [-0.2, 0) is 0 Å². The monoisotopic (exact) mass is 396 g/mol. The number of thiazole rings is 1. The van der Waals surface area contributed by atoms with E-state index < -0.39 is 0 Å². The number of nitrogens with one attached hydrogen (secondary N) is 2. The van der Waals surface area contributed by atoms with E-state index in [-0.39, 0.29) is 5.91 Å². The number of pyridine rings is 1. The molecule has 0 fully saturated rings. The lowest BCUT2D eigenvalue weighted by molar-refractivity contribution is 0.103. The first-order valence-corrected chi connectivity index (χ1v) is 9.81. The van der Waals surface area contributed by atoms with Crippen LogP contribution in [0.4, 0.5) is 16.6 Å². The van der Waals surface area contributed by atoms with E-state index >= 15 is 0 Å². The molecule has 0 bridgehead atoms. The highest BCUT2D eigenvalue weighted by Crippen LogP contribution is 2.36. The van der Waals surface area contributed by atoms with Crippen molar-refractivity contribution in [1.82, 2.24) is 9.97 Å². The van der Waals surface area contributed by atoms with Crippen molar-refractivity contribution in [2.24, 2.45) is 0 Å². The van der Waals surface area contributed by atoms with Crippen molar-refractivity contribution in [2.75, 3.05) is 17.7 Å². The fourth-order valence-electron chi connectivity index (χ4n) is 2.55. The van der Waals surface area contributed by atoms with Gasteiger partial charge in [0.15, 0.2) is 5.13 Å². The molecule has 0 unspecified atom stereocenters. The lowest BCUT2D eigenvalue weighted by atomic mass is 10.3. The number of carbonyl (C=O) groups excluding carboxylic acids is 1. The number of aryl methyl sites for hydroxylation is 1. The van der Waals surface area contributed by atoms with Crippen LogP contribution in [0.15, 0.2) is 48.7 Å². The second-order valence-corrected chi connectivity index (χ2v) is 7.81. The molecule has 1 amide bonds. The predicted molar refractivity (Wildman–Crippen MR) is 111 cm³/mol. The molecule has 1 aromatic carbocycles. The van der Waals surface area contributed by atoms with Crippen LogP contribution in [0.25, 0.3) is 9.53 Å². The SMILES string of the molecule is COc1ccccc1Nc1nc2sc(C(=O)Nc3ncccc3C)cc2s1. The molecular formula is C19H16N4O2S2. The largest absolute Gasteiger partial charge is 0.495 e. The van der Waals surface area contributed by atoms with E-state index in [0.29, 0.717) is 10.7 Å². The van der Waals surface area contributed by atoms with Gasteiger partial charge in [0.2, 0.25) is 0 Å². The molecule has 2 N–H and O–H groups in total. The molecule has 27 heavy (non-hydrogen) atoms. The normalized spacial score (nSPS) is 10.7. The summed E-state index contributed by atoms with van der Waals surface area (Å²) in [4.78, 5) is 22.7. The van der Waals surface area contributed by atoms with Crippen molar-refractivity contribution >= 4 is 54.7 Å². The standard InChI is InChI=1S/C19H16N4O2S2/c1-11-6-5-9-20-16(11)22-17(24)14-10-15-18(26-14)23-19(27-15)21-12-7-3-4-8-13(12)25-2/h3-10H,1-2H3,(H,21,23)(H,20,22,24). The molecule has 0 saturated carbocycles. The fourth-order valence-corrected chi connectivity index (χ4v) is 4.57. The van der Waals surface area contributed by atoms with Crippen LogP contribution in [0.3, 0.4) is 0 Å². The Hall–Kier alpha value is -2.97. The number of amides is 1. The first kappa shape index (κ1) is 17.4. The van der Waals surface area contributed by atoms with Gasteiger partial charge in [0.1, 0.15) is 16.4 Å². The number of ether oxygens (including phenoxy) is 1. The summed E-state index contributed by atoms with van der Waals surface area (Å²) in [5.74, 6) is 1.15. The molecular weight excluding hydrogens is 380 g/mol. The van der Waals surface area contributed by atoms with E-state index in [0.717, 1.165) is 31.7 Å². The maximum atomic E-state index is 12.5. The Bertz CT molecular complexity index is 1090.